The monoisotopic (exact) mass is 442 g/mol. The summed E-state index contributed by atoms with van der Waals surface area (Å²) in [6, 6.07) is 17.2. The maximum atomic E-state index is 13.5. The molecule has 0 bridgehead atoms. The van der Waals surface area contributed by atoms with Crippen molar-refractivity contribution in [2.24, 2.45) is 0 Å². The van der Waals surface area contributed by atoms with E-state index in [2.05, 4.69) is 4.72 Å². The molecule has 3 rings (SSSR count). The number of nitrogens with zero attached hydrogens (tertiary/aromatic N) is 1. The molecule has 3 aromatic carbocycles. The molecule has 0 fully saturated rings. The number of hydrogen-bond acceptors (Lipinski definition) is 4. The van der Waals surface area contributed by atoms with Crippen LogP contribution in [0.5, 0.6) is 5.75 Å². The maximum absolute atomic E-state index is 13.5. The summed E-state index contributed by atoms with van der Waals surface area (Å²) in [5, 5.41) is 0. The number of methoxy groups -OCH3 is 1. The fraction of sp³-hybridized carbons (Fsp3) is 0.174. The molecule has 6 nitrogen and oxygen atoms in total. The number of carbonyl (C=O) groups is 1. The summed E-state index contributed by atoms with van der Waals surface area (Å²) in [6.07, 6.45) is 0. The highest BCUT2D eigenvalue weighted by Gasteiger charge is 2.21. The van der Waals surface area contributed by atoms with Crippen LogP contribution >= 0.6 is 0 Å². The van der Waals surface area contributed by atoms with Gasteiger partial charge in [0.2, 0.25) is 0 Å². The summed E-state index contributed by atoms with van der Waals surface area (Å²) in [5.74, 6) is -0.199. The van der Waals surface area contributed by atoms with Gasteiger partial charge in [0.05, 0.1) is 23.3 Å². The molecule has 0 atom stereocenters. The topological polar surface area (TPSA) is 75.7 Å². The summed E-state index contributed by atoms with van der Waals surface area (Å²) >= 11 is 0. The normalized spacial score (nSPS) is 11.1. The summed E-state index contributed by atoms with van der Waals surface area (Å²) < 4.78 is 46.9. The van der Waals surface area contributed by atoms with Crippen LogP contribution in [0.1, 0.15) is 21.5 Å². The number of nitrogens with one attached hydrogen (secondary N) is 1. The molecule has 0 heterocycles. The van der Waals surface area contributed by atoms with E-state index in [0.717, 1.165) is 11.6 Å². The molecule has 3 aromatic rings. The Balaban J connectivity index is 1.87. The largest absolute Gasteiger partial charge is 0.496 e. The molecular formula is C23H23FN2O4S. The van der Waals surface area contributed by atoms with Crippen LogP contribution in [0.4, 0.5) is 10.1 Å². The fourth-order valence-corrected chi connectivity index (χ4v) is 4.28. The second kappa shape index (κ2) is 9.18. The van der Waals surface area contributed by atoms with E-state index in [4.69, 9.17) is 4.74 Å². The third-order valence-corrected chi connectivity index (χ3v) is 6.15. The number of para-hydroxylation sites is 2. The van der Waals surface area contributed by atoms with E-state index in [0.29, 0.717) is 5.75 Å². The second-order valence-corrected chi connectivity index (χ2v) is 8.72. The SMILES string of the molecule is COc1ccccc1CN(C)C(=O)c1ccccc1NS(=O)(=O)c1ccc(F)c(C)c1. The van der Waals surface area contributed by atoms with Gasteiger partial charge in [0.1, 0.15) is 11.6 Å². The van der Waals surface area contributed by atoms with Crippen molar-refractivity contribution in [2.45, 2.75) is 18.4 Å². The Hall–Kier alpha value is -3.39. The molecule has 0 aliphatic carbocycles. The van der Waals surface area contributed by atoms with Gasteiger partial charge in [-0.15, -0.1) is 0 Å². The Labute approximate surface area is 181 Å². The molecule has 0 saturated heterocycles. The smallest absolute Gasteiger partial charge is 0.261 e. The number of ether oxygens (including phenoxy) is 1. The highest BCUT2D eigenvalue weighted by Crippen LogP contribution is 2.24. The minimum atomic E-state index is -4.01. The lowest BCUT2D eigenvalue weighted by Gasteiger charge is -2.21. The average Bonchev–Trinajstić information content (AvgIpc) is 2.75. The van der Waals surface area contributed by atoms with Crippen molar-refractivity contribution in [1.82, 2.24) is 4.90 Å². The number of carbonyl (C=O) groups excluding carboxylic acids is 1. The van der Waals surface area contributed by atoms with E-state index in [-0.39, 0.29) is 34.2 Å². The van der Waals surface area contributed by atoms with Gasteiger partial charge in [0.15, 0.2) is 0 Å². The molecule has 0 spiro atoms. The van der Waals surface area contributed by atoms with Crippen molar-refractivity contribution in [3.63, 3.8) is 0 Å². The highest BCUT2D eigenvalue weighted by atomic mass is 32.2. The van der Waals surface area contributed by atoms with Crippen LogP contribution in [0.25, 0.3) is 0 Å². The van der Waals surface area contributed by atoms with Gasteiger partial charge in [0.25, 0.3) is 15.9 Å². The number of sulfonamides is 1. The zero-order valence-corrected chi connectivity index (χ0v) is 18.2. The van der Waals surface area contributed by atoms with E-state index >= 15 is 0 Å². The first-order valence-electron chi connectivity index (χ1n) is 9.48. The fourth-order valence-electron chi connectivity index (χ4n) is 3.11. The lowest BCUT2D eigenvalue weighted by atomic mass is 10.1. The number of halogens is 1. The maximum Gasteiger partial charge on any atom is 0.261 e. The van der Waals surface area contributed by atoms with Crippen molar-refractivity contribution in [1.29, 1.82) is 0 Å². The minimum absolute atomic E-state index is 0.0870. The Morgan fingerprint density at radius 2 is 1.74 bits per heavy atom. The van der Waals surface area contributed by atoms with Crippen LogP contribution in [-0.2, 0) is 16.6 Å². The van der Waals surface area contributed by atoms with Gasteiger partial charge in [-0.25, -0.2) is 12.8 Å². The van der Waals surface area contributed by atoms with Crippen LogP contribution < -0.4 is 9.46 Å². The van der Waals surface area contributed by atoms with Gasteiger partial charge in [-0.1, -0.05) is 30.3 Å². The van der Waals surface area contributed by atoms with E-state index in [9.17, 15) is 17.6 Å². The molecule has 8 heteroatoms. The van der Waals surface area contributed by atoms with Crippen molar-refractivity contribution in [3.8, 4) is 5.75 Å². The first kappa shape index (κ1) is 22.3. The zero-order valence-electron chi connectivity index (χ0n) is 17.4. The molecular weight excluding hydrogens is 419 g/mol. The standard InChI is InChI=1S/C23H23FN2O4S/c1-16-14-18(12-13-20(16)24)31(28,29)25-21-10-6-5-9-19(21)23(27)26(2)15-17-8-4-7-11-22(17)30-3/h4-14,25H,15H2,1-3H3. The molecule has 0 aliphatic rings. The molecule has 0 aromatic heterocycles. The quantitative estimate of drug-likeness (QED) is 0.595. The van der Waals surface area contributed by atoms with Gasteiger partial charge in [-0.2, -0.15) is 0 Å². The average molecular weight is 443 g/mol. The Bertz CT molecular complexity index is 1210. The van der Waals surface area contributed by atoms with Crippen LogP contribution in [-0.4, -0.2) is 33.4 Å². The number of amides is 1. The first-order valence-corrected chi connectivity index (χ1v) is 11.0. The molecule has 162 valence electrons. The third-order valence-electron chi connectivity index (χ3n) is 4.79. The summed E-state index contributed by atoms with van der Waals surface area (Å²) in [7, 11) is -0.825. The Kier molecular flexibility index (Phi) is 6.60. The molecule has 0 unspecified atom stereocenters. The highest BCUT2D eigenvalue weighted by molar-refractivity contribution is 7.92. The molecule has 0 aliphatic heterocycles. The van der Waals surface area contributed by atoms with Gasteiger partial charge in [0, 0.05) is 19.2 Å². The van der Waals surface area contributed by atoms with Gasteiger partial charge in [-0.3, -0.25) is 9.52 Å². The Morgan fingerprint density at radius 1 is 1.06 bits per heavy atom. The number of aryl methyl sites for hydroxylation is 1. The molecule has 1 amide bonds. The molecule has 31 heavy (non-hydrogen) atoms. The number of benzene rings is 3. The van der Waals surface area contributed by atoms with Crippen LogP contribution in [0.2, 0.25) is 0 Å². The molecule has 1 N–H and O–H groups in total. The predicted molar refractivity (Wildman–Crippen MR) is 117 cm³/mol. The van der Waals surface area contributed by atoms with Crippen molar-refractivity contribution in [3.05, 3.63) is 89.2 Å². The summed E-state index contributed by atoms with van der Waals surface area (Å²) in [6.45, 7) is 1.76. The Morgan fingerprint density at radius 3 is 2.45 bits per heavy atom. The van der Waals surface area contributed by atoms with E-state index in [1.54, 1.807) is 38.4 Å². The third kappa shape index (κ3) is 5.03. The van der Waals surface area contributed by atoms with E-state index < -0.39 is 15.8 Å². The number of hydrogen-bond donors (Lipinski definition) is 1. The number of rotatable bonds is 7. The van der Waals surface area contributed by atoms with Gasteiger partial charge < -0.3 is 9.64 Å². The summed E-state index contributed by atoms with van der Waals surface area (Å²) in [5.41, 5.74) is 1.37. The lowest BCUT2D eigenvalue weighted by Crippen LogP contribution is -2.27. The van der Waals surface area contributed by atoms with Crippen molar-refractivity contribution < 1.29 is 22.3 Å². The van der Waals surface area contributed by atoms with Gasteiger partial charge in [-0.05, 0) is 48.9 Å². The van der Waals surface area contributed by atoms with E-state index in [1.807, 2.05) is 18.2 Å². The predicted octanol–water partition coefficient (Wildman–Crippen LogP) is 4.22. The van der Waals surface area contributed by atoms with Gasteiger partial charge >= 0.3 is 0 Å². The number of anilines is 1. The summed E-state index contributed by atoms with van der Waals surface area (Å²) in [4.78, 5) is 14.5. The van der Waals surface area contributed by atoms with Crippen LogP contribution in [0.3, 0.4) is 0 Å². The van der Waals surface area contributed by atoms with Crippen LogP contribution in [0, 0.1) is 12.7 Å². The van der Waals surface area contributed by atoms with Crippen molar-refractivity contribution >= 4 is 21.6 Å². The van der Waals surface area contributed by atoms with Crippen molar-refractivity contribution in [2.75, 3.05) is 18.9 Å². The molecule has 0 radical (unpaired) electrons. The zero-order chi connectivity index (χ0) is 22.6. The van der Waals surface area contributed by atoms with E-state index in [1.165, 1.54) is 30.0 Å². The first-order chi connectivity index (χ1) is 14.7. The van der Waals surface area contributed by atoms with Crippen LogP contribution in [0.15, 0.2) is 71.6 Å². The molecule has 0 saturated carbocycles. The minimum Gasteiger partial charge on any atom is -0.496 e. The second-order valence-electron chi connectivity index (χ2n) is 7.04. The lowest BCUT2D eigenvalue weighted by molar-refractivity contribution is 0.0785.